The van der Waals surface area contributed by atoms with E-state index in [1.165, 1.54) is 10.6 Å². The molecule has 2 N–H and O–H groups in total. The van der Waals surface area contributed by atoms with Gasteiger partial charge in [-0.3, -0.25) is 4.99 Å². The minimum Gasteiger partial charge on any atom is -0.357 e. The van der Waals surface area contributed by atoms with Gasteiger partial charge in [0.05, 0.1) is 6.26 Å². The predicted molar refractivity (Wildman–Crippen MR) is 69.6 cm³/mol. The summed E-state index contributed by atoms with van der Waals surface area (Å²) in [6, 6.07) is 0. The average molecular weight is 262 g/mol. The molecule has 0 aromatic rings. The molecule has 6 nitrogen and oxygen atoms in total. The van der Waals surface area contributed by atoms with Gasteiger partial charge in [0.25, 0.3) is 0 Å². The lowest BCUT2D eigenvalue weighted by Gasteiger charge is -2.36. The van der Waals surface area contributed by atoms with Gasteiger partial charge in [0, 0.05) is 38.6 Å². The predicted octanol–water partition coefficient (Wildman–Crippen LogP) is -0.547. The summed E-state index contributed by atoms with van der Waals surface area (Å²) in [7, 11) is -3.00. The number of guanidine groups is 1. The maximum atomic E-state index is 11.2. The fourth-order valence-electron chi connectivity index (χ4n) is 1.64. The normalized spacial score (nSPS) is 17.4. The molecule has 0 amide bonds. The van der Waals surface area contributed by atoms with Crippen LogP contribution in [0.3, 0.4) is 0 Å². The van der Waals surface area contributed by atoms with E-state index in [4.69, 9.17) is 0 Å². The SMILES string of the molecule is CCNC(=NCC1CN(S(C)(=O)=O)C1)NCC. The van der Waals surface area contributed by atoms with Crippen molar-refractivity contribution < 1.29 is 8.42 Å². The zero-order chi connectivity index (χ0) is 12.9. The van der Waals surface area contributed by atoms with E-state index in [0.29, 0.717) is 25.6 Å². The summed E-state index contributed by atoms with van der Waals surface area (Å²) >= 11 is 0. The summed E-state index contributed by atoms with van der Waals surface area (Å²) in [5.74, 6) is 1.14. The zero-order valence-electron chi connectivity index (χ0n) is 10.7. The van der Waals surface area contributed by atoms with Crippen LogP contribution in [0.25, 0.3) is 0 Å². The summed E-state index contributed by atoms with van der Waals surface area (Å²) in [6.45, 7) is 7.53. The molecule has 17 heavy (non-hydrogen) atoms. The highest BCUT2D eigenvalue weighted by atomic mass is 32.2. The molecule has 1 aliphatic rings. The third-order valence-electron chi connectivity index (χ3n) is 2.59. The van der Waals surface area contributed by atoms with E-state index in [1.807, 2.05) is 13.8 Å². The number of hydrogen-bond acceptors (Lipinski definition) is 3. The molecule has 0 saturated carbocycles. The number of hydrogen-bond donors (Lipinski definition) is 2. The van der Waals surface area contributed by atoms with Crippen molar-refractivity contribution in [3.63, 3.8) is 0 Å². The molecular formula is C10H22N4O2S. The molecule has 0 aromatic carbocycles. The quantitative estimate of drug-likeness (QED) is 0.515. The summed E-state index contributed by atoms with van der Waals surface area (Å²) in [6.07, 6.45) is 1.25. The van der Waals surface area contributed by atoms with E-state index in [1.54, 1.807) is 0 Å². The Morgan fingerprint density at radius 1 is 1.29 bits per heavy atom. The monoisotopic (exact) mass is 262 g/mol. The van der Waals surface area contributed by atoms with Crippen molar-refractivity contribution in [3.05, 3.63) is 0 Å². The minimum atomic E-state index is -3.00. The Hall–Kier alpha value is -0.820. The number of nitrogens with one attached hydrogen (secondary N) is 2. The van der Waals surface area contributed by atoms with Crippen molar-refractivity contribution in [2.45, 2.75) is 13.8 Å². The summed E-state index contributed by atoms with van der Waals surface area (Å²) < 4.78 is 23.8. The van der Waals surface area contributed by atoms with E-state index >= 15 is 0 Å². The maximum absolute atomic E-state index is 11.2. The molecular weight excluding hydrogens is 240 g/mol. The van der Waals surface area contributed by atoms with E-state index in [9.17, 15) is 8.42 Å². The second-order valence-electron chi connectivity index (χ2n) is 4.20. The van der Waals surface area contributed by atoms with Gasteiger partial charge in [-0.2, -0.15) is 0 Å². The standard InChI is InChI=1S/C10H22N4O2S/c1-4-11-10(12-5-2)13-6-9-7-14(8-9)17(3,15)16/h9H,4-8H2,1-3H3,(H2,11,12,13). The van der Waals surface area contributed by atoms with Crippen molar-refractivity contribution in [3.8, 4) is 0 Å². The zero-order valence-corrected chi connectivity index (χ0v) is 11.5. The molecule has 0 atom stereocenters. The highest BCUT2D eigenvalue weighted by Crippen LogP contribution is 2.18. The second-order valence-corrected chi connectivity index (χ2v) is 6.18. The van der Waals surface area contributed by atoms with Crippen LogP contribution in [0.4, 0.5) is 0 Å². The molecule has 1 aliphatic heterocycles. The molecule has 1 fully saturated rings. The fraction of sp³-hybridized carbons (Fsp3) is 0.900. The average Bonchev–Trinajstić information content (AvgIpc) is 2.13. The minimum absolute atomic E-state index is 0.344. The van der Waals surface area contributed by atoms with Crippen LogP contribution < -0.4 is 10.6 Å². The van der Waals surface area contributed by atoms with Crippen LogP contribution in [0, 0.1) is 5.92 Å². The first-order valence-electron chi connectivity index (χ1n) is 5.94. The van der Waals surface area contributed by atoms with E-state index in [0.717, 1.165) is 19.0 Å². The van der Waals surface area contributed by atoms with Gasteiger partial charge in [-0.25, -0.2) is 12.7 Å². The lowest BCUT2D eigenvalue weighted by molar-refractivity contribution is 0.209. The van der Waals surface area contributed by atoms with Crippen molar-refractivity contribution >= 4 is 16.0 Å². The van der Waals surface area contributed by atoms with Crippen LogP contribution in [0.2, 0.25) is 0 Å². The first-order valence-corrected chi connectivity index (χ1v) is 7.79. The van der Waals surface area contributed by atoms with E-state index in [2.05, 4.69) is 15.6 Å². The number of nitrogens with zero attached hydrogens (tertiary/aromatic N) is 2. The summed E-state index contributed by atoms with van der Waals surface area (Å²) in [5, 5.41) is 6.27. The smallest absolute Gasteiger partial charge is 0.211 e. The topological polar surface area (TPSA) is 73.8 Å². The second kappa shape index (κ2) is 6.20. The molecule has 0 aliphatic carbocycles. The first-order chi connectivity index (χ1) is 7.97. The summed E-state index contributed by atoms with van der Waals surface area (Å²) in [5.41, 5.74) is 0. The Bertz CT molecular complexity index is 353. The molecule has 1 saturated heterocycles. The van der Waals surface area contributed by atoms with Gasteiger partial charge in [0.15, 0.2) is 5.96 Å². The van der Waals surface area contributed by atoms with E-state index in [-0.39, 0.29) is 0 Å². The van der Waals surface area contributed by atoms with Gasteiger partial charge < -0.3 is 10.6 Å². The van der Waals surface area contributed by atoms with Crippen LogP contribution in [0.15, 0.2) is 4.99 Å². The number of sulfonamides is 1. The van der Waals surface area contributed by atoms with Crippen molar-refractivity contribution in [1.29, 1.82) is 0 Å². The highest BCUT2D eigenvalue weighted by molar-refractivity contribution is 7.88. The highest BCUT2D eigenvalue weighted by Gasteiger charge is 2.32. The molecule has 7 heteroatoms. The van der Waals surface area contributed by atoms with Gasteiger partial charge in [-0.15, -0.1) is 0 Å². The van der Waals surface area contributed by atoms with Crippen molar-refractivity contribution in [1.82, 2.24) is 14.9 Å². The maximum Gasteiger partial charge on any atom is 0.211 e. The number of rotatable bonds is 5. The Balaban J connectivity index is 2.34. The third-order valence-corrected chi connectivity index (χ3v) is 3.82. The number of aliphatic imine (C=N–C) groups is 1. The van der Waals surface area contributed by atoms with Gasteiger partial charge in [-0.1, -0.05) is 0 Å². The summed E-state index contributed by atoms with van der Waals surface area (Å²) in [4.78, 5) is 4.41. The molecule has 1 rings (SSSR count). The fourth-order valence-corrected chi connectivity index (χ4v) is 2.60. The molecule has 0 radical (unpaired) electrons. The van der Waals surface area contributed by atoms with Gasteiger partial charge in [0.2, 0.25) is 10.0 Å². The third kappa shape index (κ3) is 4.51. The van der Waals surface area contributed by atoms with Crippen molar-refractivity contribution in [2.75, 3.05) is 39.0 Å². The Kier molecular flexibility index (Phi) is 5.20. The van der Waals surface area contributed by atoms with Crippen molar-refractivity contribution in [2.24, 2.45) is 10.9 Å². The lowest BCUT2D eigenvalue weighted by Crippen LogP contribution is -2.51. The van der Waals surface area contributed by atoms with Crippen LogP contribution in [-0.2, 0) is 10.0 Å². The van der Waals surface area contributed by atoms with Crippen LogP contribution in [0.1, 0.15) is 13.8 Å². The lowest BCUT2D eigenvalue weighted by atomic mass is 10.0. The molecule has 0 aromatic heterocycles. The van der Waals surface area contributed by atoms with Gasteiger partial charge in [0.1, 0.15) is 0 Å². The Morgan fingerprint density at radius 2 is 1.82 bits per heavy atom. The Labute approximate surface area is 104 Å². The first kappa shape index (κ1) is 14.2. The van der Waals surface area contributed by atoms with Crippen LogP contribution in [0.5, 0.6) is 0 Å². The molecule has 0 unspecified atom stereocenters. The van der Waals surface area contributed by atoms with Crippen LogP contribution >= 0.6 is 0 Å². The van der Waals surface area contributed by atoms with E-state index < -0.39 is 10.0 Å². The Morgan fingerprint density at radius 3 is 2.24 bits per heavy atom. The molecule has 100 valence electrons. The van der Waals surface area contributed by atoms with Gasteiger partial charge in [-0.05, 0) is 13.8 Å². The molecule has 0 spiro atoms. The molecule has 1 heterocycles. The molecule has 0 bridgehead atoms. The van der Waals surface area contributed by atoms with Crippen LogP contribution in [-0.4, -0.2) is 57.7 Å². The largest absolute Gasteiger partial charge is 0.357 e. The van der Waals surface area contributed by atoms with Gasteiger partial charge >= 0.3 is 0 Å².